The lowest BCUT2D eigenvalue weighted by Crippen LogP contribution is -2.42. The Morgan fingerprint density at radius 2 is 2.17 bits per heavy atom. The molecule has 0 aromatic carbocycles. The van der Waals surface area contributed by atoms with Crippen LogP contribution in [0.3, 0.4) is 0 Å². The summed E-state index contributed by atoms with van der Waals surface area (Å²) in [4.78, 5) is 29.8. The van der Waals surface area contributed by atoms with E-state index in [1.807, 2.05) is 28.9 Å². The minimum Gasteiger partial charge on any atom is -0.350 e. The lowest BCUT2D eigenvalue weighted by atomic mass is 10.1. The molecule has 23 heavy (non-hydrogen) atoms. The summed E-state index contributed by atoms with van der Waals surface area (Å²) in [6, 6.07) is 7.33. The van der Waals surface area contributed by atoms with Crippen LogP contribution in [0.5, 0.6) is 0 Å². The van der Waals surface area contributed by atoms with Gasteiger partial charge in [0.15, 0.2) is 0 Å². The monoisotopic (exact) mass is 313 g/mol. The summed E-state index contributed by atoms with van der Waals surface area (Å²) in [5.74, 6) is -0.0659. The highest BCUT2D eigenvalue weighted by molar-refractivity contribution is 5.77. The smallest absolute Gasteiger partial charge is 0.222 e. The number of nitrogens with one attached hydrogen (secondary N) is 1. The van der Waals surface area contributed by atoms with Crippen LogP contribution in [0.1, 0.15) is 30.8 Å². The Labute approximate surface area is 134 Å². The summed E-state index contributed by atoms with van der Waals surface area (Å²) >= 11 is 0. The Bertz CT molecular complexity index is 698. The van der Waals surface area contributed by atoms with Gasteiger partial charge in [-0.2, -0.15) is 5.10 Å². The fourth-order valence-corrected chi connectivity index (χ4v) is 2.76. The van der Waals surface area contributed by atoms with E-state index in [0.29, 0.717) is 19.6 Å². The maximum atomic E-state index is 12.2. The predicted octanol–water partition coefficient (Wildman–Crippen LogP) is 0.888. The van der Waals surface area contributed by atoms with Gasteiger partial charge < -0.3 is 10.2 Å². The Balaban J connectivity index is 1.62. The number of amides is 2. The van der Waals surface area contributed by atoms with Crippen LogP contribution in [0.25, 0.3) is 0 Å². The number of nitrogens with zero attached hydrogens (tertiary/aromatic N) is 4. The highest BCUT2D eigenvalue weighted by atomic mass is 16.2. The number of rotatable bonds is 4. The fraction of sp³-hybridized carbons (Fsp3) is 0.375. The van der Waals surface area contributed by atoms with Crippen molar-refractivity contribution in [3.8, 4) is 0 Å². The van der Waals surface area contributed by atoms with E-state index >= 15 is 0 Å². The average molecular weight is 313 g/mol. The zero-order valence-electron chi connectivity index (χ0n) is 13.0. The average Bonchev–Trinajstić information content (AvgIpc) is 3.02. The second-order valence-corrected chi connectivity index (χ2v) is 5.62. The SMILES string of the molecule is CC(=O)N1Cc2ccnn2[C@@H](CC(=O)NCc2ccccn2)C1. The number of aromatic nitrogens is 3. The van der Waals surface area contributed by atoms with E-state index in [2.05, 4.69) is 15.4 Å². The van der Waals surface area contributed by atoms with E-state index in [-0.39, 0.29) is 24.3 Å². The van der Waals surface area contributed by atoms with Gasteiger partial charge in [0.2, 0.25) is 11.8 Å². The maximum Gasteiger partial charge on any atom is 0.222 e. The van der Waals surface area contributed by atoms with Gasteiger partial charge in [0.1, 0.15) is 0 Å². The predicted molar refractivity (Wildman–Crippen MR) is 83.1 cm³/mol. The Morgan fingerprint density at radius 3 is 2.91 bits per heavy atom. The summed E-state index contributed by atoms with van der Waals surface area (Å²) in [5.41, 5.74) is 1.77. The molecule has 0 saturated carbocycles. The van der Waals surface area contributed by atoms with Crippen LogP contribution in [-0.2, 0) is 22.7 Å². The molecule has 7 heteroatoms. The quantitative estimate of drug-likeness (QED) is 0.909. The Hall–Kier alpha value is -2.70. The van der Waals surface area contributed by atoms with Crippen LogP contribution in [0.4, 0.5) is 0 Å². The zero-order valence-corrected chi connectivity index (χ0v) is 13.0. The standard InChI is InChI=1S/C16H19N5O2/c1-12(22)20-10-14-5-7-19-21(14)15(11-20)8-16(23)18-9-13-4-2-3-6-17-13/h2-7,15H,8-11H2,1H3,(H,18,23)/t15-/m0/s1. The molecule has 0 fully saturated rings. The van der Waals surface area contributed by atoms with Crippen molar-refractivity contribution in [1.29, 1.82) is 0 Å². The summed E-state index contributed by atoms with van der Waals surface area (Å²) in [7, 11) is 0. The molecule has 0 bridgehead atoms. The van der Waals surface area contributed by atoms with E-state index < -0.39 is 0 Å². The normalized spacial score (nSPS) is 16.7. The number of pyridine rings is 1. The van der Waals surface area contributed by atoms with Crippen molar-refractivity contribution in [2.45, 2.75) is 32.5 Å². The van der Waals surface area contributed by atoms with Crippen molar-refractivity contribution < 1.29 is 9.59 Å². The summed E-state index contributed by atoms with van der Waals surface area (Å²) in [6.07, 6.45) is 3.69. The van der Waals surface area contributed by atoms with Crippen LogP contribution in [0.15, 0.2) is 36.7 Å². The largest absolute Gasteiger partial charge is 0.350 e. The van der Waals surface area contributed by atoms with Crippen LogP contribution in [0, 0.1) is 0 Å². The van der Waals surface area contributed by atoms with Crippen molar-refractivity contribution in [2.24, 2.45) is 0 Å². The van der Waals surface area contributed by atoms with E-state index in [1.54, 1.807) is 24.2 Å². The Morgan fingerprint density at radius 1 is 1.30 bits per heavy atom. The molecule has 2 amide bonds. The first-order valence-corrected chi connectivity index (χ1v) is 7.58. The van der Waals surface area contributed by atoms with E-state index in [0.717, 1.165) is 11.4 Å². The zero-order chi connectivity index (χ0) is 16.2. The lowest BCUT2D eigenvalue weighted by molar-refractivity contribution is -0.132. The molecule has 0 unspecified atom stereocenters. The van der Waals surface area contributed by atoms with Gasteiger partial charge >= 0.3 is 0 Å². The second-order valence-electron chi connectivity index (χ2n) is 5.62. The Kier molecular flexibility index (Phi) is 4.36. The van der Waals surface area contributed by atoms with Crippen LogP contribution in [-0.4, -0.2) is 38.0 Å². The third-order valence-electron chi connectivity index (χ3n) is 3.94. The molecule has 0 spiro atoms. The minimum absolute atomic E-state index is 0.0105. The number of carbonyl (C=O) groups is 2. The first-order chi connectivity index (χ1) is 11.1. The molecule has 0 radical (unpaired) electrons. The first kappa shape index (κ1) is 15.2. The molecule has 1 N–H and O–H groups in total. The van der Waals surface area contributed by atoms with Gasteiger partial charge in [0, 0.05) is 25.9 Å². The molecule has 2 aromatic heterocycles. The van der Waals surface area contributed by atoms with Crippen LogP contribution >= 0.6 is 0 Å². The van der Waals surface area contributed by atoms with Gasteiger partial charge in [0.05, 0.1) is 36.9 Å². The molecule has 120 valence electrons. The van der Waals surface area contributed by atoms with Gasteiger partial charge in [-0.1, -0.05) is 6.07 Å². The van der Waals surface area contributed by atoms with E-state index in [4.69, 9.17) is 0 Å². The molecular weight excluding hydrogens is 294 g/mol. The van der Waals surface area contributed by atoms with Crippen molar-refractivity contribution >= 4 is 11.8 Å². The van der Waals surface area contributed by atoms with Crippen molar-refractivity contribution in [2.75, 3.05) is 6.54 Å². The topological polar surface area (TPSA) is 80.1 Å². The summed E-state index contributed by atoms with van der Waals surface area (Å²) < 4.78 is 1.85. The second kappa shape index (κ2) is 6.60. The third kappa shape index (κ3) is 3.56. The summed E-state index contributed by atoms with van der Waals surface area (Å²) in [5, 5.41) is 7.16. The van der Waals surface area contributed by atoms with Gasteiger partial charge in [-0.15, -0.1) is 0 Å². The van der Waals surface area contributed by atoms with Crippen molar-refractivity contribution in [3.05, 3.63) is 48.0 Å². The van der Waals surface area contributed by atoms with Gasteiger partial charge in [0.25, 0.3) is 0 Å². The molecule has 3 rings (SSSR count). The maximum absolute atomic E-state index is 12.2. The molecule has 1 aliphatic heterocycles. The van der Waals surface area contributed by atoms with E-state index in [9.17, 15) is 9.59 Å². The molecule has 1 atom stereocenters. The van der Waals surface area contributed by atoms with Crippen LogP contribution < -0.4 is 5.32 Å². The number of carbonyl (C=O) groups excluding carboxylic acids is 2. The summed E-state index contributed by atoms with van der Waals surface area (Å²) in [6.45, 7) is 2.99. The van der Waals surface area contributed by atoms with Gasteiger partial charge in [-0.05, 0) is 18.2 Å². The molecule has 0 aliphatic carbocycles. The van der Waals surface area contributed by atoms with Gasteiger partial charge in [-0.25, -0.2) is 0 Å². The van der Waals surface area contributed by atoms with Gasteiger partial charge in [-0.3, -0.25) is 19.3 Å². The molecule has 0 saturated heterocycles. The van der Waals surface area contributed by atoms with Crippen molar-refractivity contribution in [3.63, 3.8) is 0 Å². The molecule has 7 nitrogen and oxygen atoms in total. The third-order valence-corrected chi connectivity index (χ3v) is 3.94. The van der Waals surface area contributed by atoms with Crippen molar-refractivity contribution in [1.82, 2.24) is 25.0 Å². The lowest BCUT2D eigenvalue weighted by Gasteiger charge is -2.33. The van der Waals surface area contributed by atoms with Crippen LogP contribution in [0.2, 0.25) is 0 Å². The highest BCUT2D eigenvalue weighted by Crippen LogP contribution is 2.22. The molecule has 3 heterocycles. The highest BCUT2D eigenvalue weighted by Gasteiger charge is 2.28. The number of fused-ring (bicyclic) bond motifs is 1. The first-order valence-electron chi connectivity index (χ1n) is 7.58. The fourth-order valence-electron chi connectivity index (χ4n) is 2.76. The molecular formula is C16H19N5O2. The molecule has 2 aromatic rings. The number of hydrogen-bond acceptors (Lipinski definition) is 4. The minimum atomic E-state index is -0.138. The van der Waals surface area contributed by atoms with E-state index in [1.165, 1.54) is 0 Å². The number of hydrogen-bond donors (Lipinski definition) is 1. The molecule has 1 aliphatic rings.